The summed E-state index contributed by atoms with van der Waals surface area (Å²) in [5.74, 6) is -0.208. The summed E-state index contributed by atoms with van der Waals surface area (Å²) in [6.07, 6.45) is 2.52. The number of carbonyl (C=O) groups is 1. The molecule has 0 bridgehead atoms. The van der Waals surface area contributed by atoms with Crippen LogP contribution >= 0.6 is 0 Å². The molecule has 0 saturated carbocycles. The van der Waals surface area contributed by atoms with Crippen molar-refractivity contribution < 1.29 is 9.53 Å². The molecule has 0 aromatic heterocycles. The summed E-state index contributed by atoms with van der Waals surface area (Å²) in [4.78, 5) is 14.2. The lowest BCUT2D eigenvalue weighted by molar-refractivity contribution is -0.148. The van der Waals surface area contributed by atoms with Crippen LogP contribution in [-0.2, 0) is 16.1 Å². The Morgan fingerprint density at radius 3 is 2.46 bits per heavy atom. The maximum Gasteiger partial charge on any atom is 0.331 e. The summed E-state index contributed by atoms with van der Waals surface area (Å²) in [6, 6.07) is 21.3. The number of carbonyl (C=O) groups excluding carboxylic acids is 1. The zero-order chi connectivity index (χ0) is 16.6. The van der Waals surface area contributed by atoms with Crippen molar-refractivity contribution in [3.63, 3.8) is 0 Å². The monoisotopic (exact) mass is 319 g/mol. The van der Waals surface area contributed by atoms with Crippen molar-refractivity contribution >= 4 is 5.97 Å². The Morgan fingerprint density at radius 1 is 1.08 bits per heavy atom. The first kappa shape index (κ1) is 15.2. The van der Waals surface area contributed by atoms with Gasteiger partial charge in [0.25, 0.3) is 0 Å². The van der Waals surface area contributed by atoms with E-state index in [0.717, 1.165) is 25.1 Å². The average Bonchev–Trinajstić information content (AvgIpc) is 2.88. The second-order valence-corrected chi connectivity index (χ2v) is 6.84. The van der Waals surface area contributed by atoms with Crippen LogP contribution in [0.15, 0.2) is 72.3 Å². The zero-order valence-corrected chi connectivity index (χ0v) is 13.8. The lowest BCUT2D eigenvalue weighted by Gasteiger charge is -2.44. The van der Waals surface area contributed by atoms with Gasteiger partial charge in [0.15, 0.2) is 0 Å². The molecule has 2 aliphatic rings. The van der Waals surface area contributed by atoms with Crippen molar-refractivity contribution in [2.24, 2.45) is 0 Å². The van der Waals surface area contributed by atoms with E-state index in [0.29, 0.717) is 0 Å². The predicted octanol–water partition coefficient (Wildman–Crippen LogP) is 3.88. The highest BCUT2D eigenvalue weighted by Gasteiger charge is 2.46. The lowest BCUT2D eigenvalue weighted by Crippen LogP contribution is -2.48. The molecule has 0 spiro atoms. The van der Waals surface area contributed by atoms with Crippen molar-refractivity contribution in [1.82, 2.24) is 4.90 Å². The molecule has 3 heteroatoms. The van der Waals surface area contributed by atoms with Gasteiger partial charge < -0.3 is 4.74 Å². The third-order valence-corrected chi connectivity index (χ3v) is 5.07. The molecule has 1 saturated heterocycles. The number of hydrogen-bond donors (Lipinski definition) is 0. The summed E-state index contributed by atoms with van der Waals surface area (Å²) in [5.41, 5.74) is 3.19. The molecule has 2 atom stereocenters. The molecule has 2 aromatic carbocycles. The van der Waals surface area contributed by atoms with Crippen molar-refractivity contribution in [2.75, 3.05) is 6.54 Å². The minimum absolute atomic E-state index is 0.208. The average molecular weight is 319 g/mol. The lowest BCUT2D eigenvalue weighted by atomic mass is 9.82. The van der Waals surface area contributed by atoms with E-state index in [4.69, 9.17) is 4.74 Å². The first-order valence-corrected chi connectivity index (χ1v) is 8.41. The topological polar surface area (TPSA) is 29.5 Å². The number of fused-ring (bicyclic) bond motifs is 1. The Labute approximate surface area is 142 Å². The zero-order valence-electron chi connectivity index (χ0n) is 13.8. The highest BCUT2D eigenvalue weighted by molar-refractivity contribution is 5.87. The quantitative estimate of drug-likeness (QED) is 0.804. The molecule has 3 nitrogen and oxygen atoms in total. The first-order chi connectivity index (χ1) is 11.6. The smallest absolute Gasteiger partial charge is 0.331 e. The molecular weight excluding hydrogens is 298 g/mol. The molecule has 0 N–H and O–H groups in total. The maximum atomic E-state index is 11.8. The van der Waals surface area contributed by atoms with Crippen molar-refractivity contribution in [3.05, 3.63) is 83.4 Å². The third-order valence-electron chi connectivity index (χ3n) is 5.07. The van der Waals surface area contributed by atoms with Crippen LogP contribution in [0.1, 0.15) is 30.5 Å². The van der Waals surface area contributed by atoms with Crippen LogP contribution in [0.2, 0.25) is 0 Å². The van der Waals surface area contributed by atoms with Crippen molar-refractivity contribution in [1.29, 1.82) is 0 Å². The number of rotatable bonds is 3. The Balaban J connectivity index is 1.68. The second kappa shape index (κ2) is 5.91. The molecule has 2 unspecified atom stereocenters. The van der Waals surface area contributed by atoms with Gasteiger partial charge in [0.05, 0.1) is 0 Å². The molecule has 122 valence electrons. The second-order valence-electron chi connectivity index (χ2n) is 6.84. The normalized spacial score (nSPS) is 26.6. The Bertz CT molecular complexity index is 769. The van der Waals surface area contributed by atoms with Gasteiger partial charge in [0, 0.05) is 25.2 Å². The van der Waals surface area contributed by atoms with Gasteiger partial charge in [-0.1, -0.05) is 60.7 Å². The third kappa shape index (κ3) is 2.76. The first-order valence-electron chi connectivity index (χ1n) is 8.41. The van der Waals surface area contributed by atoms with E-state index in [1.165, 1.54) is 11.1 Å². The predicted molar refractivity (Wildman–Crippen MR) is 93.2 cm³/mol. The van der Waals surface area contributed by atoms with Gasteiger partial charge in [-0.3, -0.25) is 4.90 Å². The van der Waals surface area contributed by atoms with E-state index in [-0.39, 0.29) is 12.0 Å². The van der Waals surface area contributed by atoms with Crippen LogP contribution in [0, 0.1) is 0 Å². The Morgan fingerprint density at radius 2 is 1.75 bits per heavy atom. The SMILES string of the molecule is CC12CN(Cc3ccccc3)C(c3ccccc3)CC1=CC(=O)O2. The molecule has 2 aliphatic heterocycles. The van der Waals surface area contributed by atoms with Gasteiger partial charge in [-0.05, 0) is 30.0 Å². The van der Waals surface area contributed by atoms with E-state index in [2.05, 4.69) is 53.4 Å². The Hall–Kier alpha value is -2.39. The van der Waals surface area contributed by atoms with Crippen LogP contribution in [-0.4, -0.2) is 23.0 Å². The van der Waals surface area contributed by atoms with E-state index in [9.17, 15) is 4.79 Å². The minimum atomic E-state index is -0.489. The molecular formula is C21H21NO2. The molecule has 1 fully saturated rings. The number of hydrogen-bond acceptors (Lipinski definition) is 3. The number of likely N-dealkylation sites (tertiary alicyclic amines) is 1. The van der Waals surface area contributed by atoms with E-state index < -0.39 is 5.60 Å². The summed E-state index contributed by atoms with van der Waals surface area (Å²) in [7, 11) is 0. The van der Waals surface area contributed by atoms with Gasteiger partial charge in [-0.2, -0.15) is 0 Å². The van der Waals surface area contributed by atoms with Gasteiger partial charge in [0.1, 0.15) is 5.60 Å². The maximum absolute atomic E-state index is 11.8. The fraction of sp³-hybridized carbons (Fsp3) is 0.286. The van der Waals surface area contributed by atoms with Crippen molar-refractivity contribution in [3.8, 4) is 0 Å². The molecule has 24 heavy (non-hydrogen) atoms. The molecule has 2 heterocycles. The van der Waals surface area contributed by atoms with Gasteiger partial charge in [0.2, 0.25) is 0 Å². The molecule has 0 amide bonds. The van der Waals surface area contributed by atoms with E-state index in [1.807, 2.05) is 19.1 Å². The number of piperidine rings is 1. The Kier molecular flexibility index (Phi) is 3.73. The molecule has 0 radical (unpaired) electrons. The van der Waals surface area contributed by atoms with Gasteiger partial charge in [-0.15, -0.1) is 0 Å². The highest BCUT2D eigenvalue weighted by Crippen LogP contribution is 2.43. The standard InChI is InChI=1S/C21H21NO2/c1-21-15-22(14-16-8-4-2-5-9-16)19(17-10-6-3-7-11-17)12-18(21)13-20(23)24-21/h2-11,13,19H,12,14-15H2,1H3. The van der Waals surface area contributed by atoms with Crippen molar-refractivity contribution in [2.45, 2.75) is 31.5 Å². The number of nitrogens with zero attached hydrogens (tertiary/aromatic N) is 1. The summed E-state index contributed by atoms with van der Waals surface area (Å²) in [6.45, 7) is 3.60. The highest BCUT2D eigenvalue weighted by atomic mass is 16.6. The number of benzene rings is 2. The minimum Gasteiger partial charge on any atom is -0.450 e. The van der Waals surface area contributed by atoms with E-state index >= 15 is 0 Å². The summed E-state index contributed by atoms with van der Waals surface area (Å²) >= 11 is 0. The fourth-order valence-corrected chi connectivity index (χ4v) is 3.84. The van der Waals surface area contributed by atoms with Gasteiger partial charge in [-0.25, -0.2) is 4.79 Å². The summed E-state index contributed by atoms with van der Waals surface area (Å²) in [5, 5.41) is 0. The molecule has 0 aliphatic carbocycles. The van der Waals surface area contributed by atoms with Crippen LogP contribution in [0.5, 0.6) is 0 Å². The number of esters is 1. The largest absolute Gasteiger partial charge is 0.450 e. The fourth-order valence-electron chi connectivity index (χ4n) is 3.84. The van der Waals surface area contributed by atoms with Crippen LogP contribution in [0.25, 0.3) is 0 Å². The van der Waals surface area contributed by atoms with Crippen LogP contribution in [0.4, 0.5) is 0 Å². The van der Waals surface area contributed by atoms with Crippen LogP contribution in [0.3, 0.4) is 0 Å². The van der Waals surface area contributed by atoms with E-state index in [1.54, 1.807) is 6.08 Å². The molecule has 4 rings (SSSR count). The molecule has 2 aromatic rings. The number of ether oxygens (including phenoxy) is 1. The van der Waals surface area contributed by atoms with Gasteiger partial charge >= 0.3 is 5.97 Å². The summed E-state index contributed by atoms with van der Waals surface area (Å²) < 4.78 is 5.63. The van der Waals surface area contributed by atoms with Crippen LogP contribution < -0.4 is 0 Å².